The lowest BCUT2D eigenvalue weighted by molar-refractivity contribution is 0.102. The molecule has 1 amide bonds. The largest absolute Gasteiger partial charge is 0.322 e. The molecule has 1 aromatic carbocycles. The van der Waals surface area contributed by atoms with E-state index in [0.29, 0.717) is 11.3 Å². The first kappa shape index (κ1) is 15.0. The Balaban J connectivity index is 2.24. The maximum atomic E-state index is 11.9. The molecular weight excluding hydrogens is 368 g/mol. The normalized spacial score (nSPS) is 11.1. The Morgan fingerprint density at radius 3 is 2.40 bits per heavy atom. The summed E-state index contributed by atoms with van der Waals surface area (Å²) in [5, 5.41) is 2.64. The SMILES string of the molecule is O=C(Nc1ccc(S(=O)(=O)Cl)c(Br)c1)c1ccncc1. The smallest absolute Gasteiger partial charge is 0.262 e. The van der Waals surface area contributed by atoms with Gasteiger partial charge in [0.15, 0.2) is 0 Å². The molecule has 0 atom stereocenters. The number of nitrogens with zero attached hydrogens (tertiary/aromatic N) is 1. The third kappa shape index (κ3) is 3.56. The average Bonchev–Trinajstić information content (AvgIpc) is 2.38. The number of aromatic nitrogens is 1. The first-order valence-electron chi connectivity index (χ1n) is 5.33. The van der Waals surface area contributed by atoms with E-state index in [1.807, 2.05) is 0 Å². The minimum absolute atomic E-state index is 0.0546. The van der Waals surface area contributed by atoms with E-state index in [0.717, 1.165) is 0 Å². The fourth-order valence-corrected chi connectivity index (χ4v) is 3.71. The van der Waals surface area contributed by atoms with Crippen LogP contribution in [-0.4, -0.2) is 19.3 Å². The summed E-state index contributed by atoms with van der Waals surface area (Å²) in [6.07, 6.45) is 3.02. The number of nitrogens with one attached hydrogen (secondary N) is 1. The molecule has 0 saturated carbocycles. The van der Waals surface area contributed by atoms with E-state index in [4.69, 9.17) is 10.7 Å². The number of carbonyl (C=O) groups is 1. The van der Waals surface area contributed by atoms with Crippen LogP contribution in [0, 0.1) is 0 Å². The molecule has 8 heteroatoms. The van der Waals surface area contributed by atoms with Gasteiger partial charge in [0.1, 0.15) is 0 Å². The van der Waals surface area contributed by atoms with Gasteiger partial charge in [0.05, 0.1) is 4.90 Å². The highest BCUT2D eigenvalue weighted by molar-refractivity contribution is 9.10. The Hall–Kier alpha value is -1.44. The molecule has 0 aliphatic rings. The van der Waals surface area contributed by atoms with Gasteiger partial charge in [0.25, 0.3) is 15.0 Å². The van der Waals surface area contributed by atoms with Crippen molar-refractivity contribution >= 4 is 47.3 Å². The van der Waals surface area contributed by atoms with Crippen molar-refractivity contribution in [3.63, 3.8) is 0 Å². The van der Waals surface area contributed by atoms with Crippen LogP contribution < -0.4 is 5.32 Å². The van der Waals surface area contributed by atoms with Crippen molar-refractivity contribution < 1.29 is 13.2 Å². The lowest BCUT2D eigenvalue weighted by Gasteiger charge is -2.07. The number of pyridine rings is 1. The van der Waals surface area contributed by atoms with Gasteiger partial charge >= 0.3 is 0 Å². The second-order valence-electron chi connectivity index (χ2n) is 3.77. The minimum atomic E-state index is -3.83. The average molecular weight is 376 g/mol. The summed E-state index contributed by atoms with van der Waals surface area (Å²) in [6, 6.07) is 7.38. The molecule has 1 aromatic heterocycles. The fourth-order valence-electron chi connectivity index (χ4n) is 1.48. The predicted octanol–water partition coefficient (Wildman–Crippen LogP) is 3.02. The zero-order chi connectivity index (χ0) is 14.8. The lowest BCUT2D eigenvalue weighted by atomic mass is 10.2. The van der Waals surface area contributed by atoms with Crippen molar-refractivity contribution in [1.29, 1.82) is 0 Å². The summed E-state index contributed by atoms with van der Waals surface area (Å²) < 4.78 is 22.8. The van der Waals surface area contributed by atoms with Crippen molar-refractivity contribution in [1.82, 2.24) is 4.98 Å². The number of anilines is 1. The van der Waals surface area contributed by atoms with Gasteiger partial charge in [-0.25, -0.2) is 8.42 Å². The molecule has 5 nitrogen and oxygen atoms in total. The van der Waals surface area contributed by atoms with Crippen LogP contribution in [-0.2, 0) is 9.05 Å². The molecule has 0 unspecified atom stereocenters. The lowest BCUT2D eigenvalue weighted by Crippen LogP contribution is -2.12. The summed E-state index contributed by atoms with van der Waals surface area (Å²) in [4.78, 5) is 15.7. The van der Waals surface area contributed by atoms with E-state index in [9.17, 15) is 13.2 Å². The predicted molar refractivity (Wildman–Crippen MR) is 79.4 cm³/mol. The number of amides is 1. The Kier molecular flexibility index (Phi) is 4.42. The van der Waals surface area contributed by atoms with Crippen molar-refractivity contribution in [2.45, 2.75) is 4.90 Å². The number of hydrogen-bond acceptors (Lipinski definition) is 4. The first-order valence-corrected chi connectivity index (χ1v) is 8.44. The Bertz CT molecular complexity index is 751. The molecular formula is C12H8BrClN2O3S. The monoisotopic (exact) mass is 374 g/mol. The van der Waals surface area contributed by atoms with Gasteiger partial charge < -0.3 is 5.32 Å². The van der Waals surface area contributed by atoms with E-state index in [1.54, 1.807) is 12.1 Å². The van der Waals surface area contributed by atoms with Crippen LogP contribution in [0.1, 0.15) is 10.4 Å². The van der Waals surface area contributed by atoms with Gasteiger partial charge in [-0.2, -0.15) is 0 Å². The van der Waals surface area contributed by atoms with Crippen molar-refractivity contribution in [3.8, 4) is 0 Å². The Morgan fingerprint density at radius 2 is 1.85 bits per heavy atom. The topological polar surface area (TPSA) is 76.1 Å². The zero-order valence-corrected chi connectivity index (χ0v) is 13.0. The fraction of sp³-hybridized carbons (Fsp3) is 0. The minimum Gasteiger partial charge on any atom is -0.322 e. The molecule has 104 valence electrons. The first-order chi connectivity index (χ1) is 9.38. The Labute approximate surface area is 128 Å². The summed E-state index contributed by atoms with van der Waals surface area (Å²) in [5.41, 5.74) is 0.896. The highest BCUT2D eigenvalue weighted by atomic mass is 79.9. The maximum absolute atomic E-state index is 11.9. The molecule has 1 N–H and O–H groups in total. The van der Waals surface area contributed by atoms with E-state index in [1.165, 1.54) is 30.6 Å². The summed E-state index contributed by atoms with van der Waals surface area (Å²) >= 11 is 3.10. The number of hydrogen-bond donors (Lipinski definition) is 1. The standard InChI is InChI=1S/C12H8BrClN2O3S/c13-10-7-9(1-2-11(10)20(14,18)19)16-12(17)8-3-5-15-6-4-8/h1-7H,(H,16,17). The van der Waals surface area contributed by atoms with Crippen LogP contribution in [0.3, 0.4) is 0 Å². The maximum Gasteiger partial charge on any atom is 0.262 e. The van der Waals surface area contributed by atoms with Crippen LogP contribution in [0.4, 0.5) is 5.69 Å². The zero-order valence-electron chi connectivity index (χ0n) is 9.88. The molecule has 0 saturated heterocycles. The van der Waals surface area contributed by atoms with Gasteiger partial charge in [-0.15, -0.1) is 0 Å². The van der Waals surface area contributed by atoms with Crippen LogP contribution in [0.5, 0.6) is 0 Å². The molecule has 0 bridgehead atoms. The number of rotatable bonds is 3. The van der Waals surface area contributed by atoms with Gasteiger partial charge in [0, 0.05) is 38.8 Å². The third-order valence-electron chi connectivity index (χ3n) is 2.39. The quantitative estimate of drug-likeness (QED) is 0.837. The number of halogens is 2. The van der Waals surface area contributed by atoms with Crippen LogP contribution in [0.25, 0.3) is 0 Å². The molecule has 0 fully saturated rings. The molecule has 0 spiro atoms. The molecule has 0 aliphatic heterocycles. The second-order valence-corrected chi connectivity index (χ2v) is 7.16. The van der Waals surface area contributed by atoms with Gasteiger partial charge in [0.2, 0.25) is 0 Å². The molecule has 0 radical (unpaired) electrons. The van der Waals surface area contributed by atoms with Gasteiger partial charge in [-0.3, -0.25) is 9.78 Å². The molecule has 0 aliphatic carbocycles. The van der Waals surface area contributed by atoms with Gasteiger partial charge in [-0.1, -0.05) is 0 Å². The number of benzene rings is 1. The summed E-state index contributed by atoms with van der Waals surface area (Å²) in [6.45, 7) is 0. The highest BCUT2D eigenvalue weighted by Gasteiger charge is 2.15. The van der Waals surface area contributed by atoms with Crippen molar-refractivity contribution in [2.24, 2.45) is 0 Å². The van der Waals surface area contributed by atoms with Gasteiger partial charge in [-0.05, 0) is 46.3 Å². The van der Waals surface area contributed by atoms with Crippen LogP contribution >= 0.6 is 26.6 Å². The van der Waals surface area contributed by atoms with E-state index in [2.05, 4.69) is 26.2 Å². The van der Waals surface area contributed by atoms with Crippen molar-refractivity contribution in [3.05, 3.63) is 52.8 Å². The molecule has 2 aromatic rings. The number of carbonyl (C=O) groups excluding carboxylic acids is 1. The van der Waals surface area contributed by atoms with E-state index in [-0.39, 0.29) is 15.3 Å². The summed E-state index contributed by atoms with van der Waals surface area (Å²) in [5.74, 6) is -0.319. The van der Waals surface area contributed by atoms with Crippen LogP contribution in [0.15, 0.2) is 52.1 Å². The van der Waals surface area contributed by atoms with E-state index < -0.39 is 9.05 Å². The third-order valence-corrected chi connectivity index (χ3v) is 4.69. The summed E-state index contributed by atoms with van der Waals surface area (Å²) in [7, 11) is 1.44. The highest BCUT2D eigenvalue weighted by Crippen LogP contribution is 2.28. The Morgan fingerprint density at radius 1 is 1.20 bits per heavy atom. The van der Waals surface area contributed by atoms with Crippen LogP contribution in [0.2, 0.25) is 0 Å². The molecule has 1 heterocycles. The molecule has 2 rings (SSSR count). The second kappa shape index (κ2) is 5.90. The van der Waals surface area contributed by atoms with E-state index >= 15 is 0 Å². The molecule has 20 heavy (non-hydrogen) atoms. The van der Waals surface area contributed by atoms with Crippen molar-refractivity contribution in [2.75, 3.05) is 5.32 Å².